The molecule has 0 aromatic heterocycles. The molecule has 0 aliphatic heterocycles. The number of rotatable bonds is 9. The van der Waals surface area contributed by atoms with Crippen LogP contribution in [0.2, 0.25) is 0 Å². The third kappa shape index (κ3) is 10.5. The van der Waals surface area contributed by atoms with Crippen LogP contribution < -0.4 is 21.8 Å². The van der Waals surface area contributed by atoms with Gasteiger partial charge in [0.05, 0.1) is 6.42 Å². The number of hydroxylamine groups is 1. The van der Waals surface area contributed by atoms with Crippen LogP contribution in [0.15, 0.2) is 0 Å². The molecule has 0 fully saturated rings. The van der Waals surface area contributed by atoms with E-state index in [0.29, 0.717) is 19.3 Å². The molecule has 0 aromatic carbocycles. The Kier molecular flexibility index (Phi) is 10.2. The molecule has 0 radical (unpaired) electrons. The van der Waals surface area contributed by atoms with Crippen LogP contribution >= 0.6 is 0 Å². The second kappa shape index (κ2) is 11.4. The van der Waals surface area contributed by atoms with Gasteiger partial charge in [0.25, 0.3) is 5.91 Å². The molecule has 9 nitrogen and oxygen atoms in total. The van der Waals surface area contributed by atoms with E-state index < -0.39 is 18.2 Å². The summed E-state index contributed by atoms with van der Waals surface area (Å²) in [4.78, 5) is 49.5. The van der Waals surface area contributed by atoms with Crippen molar-refractivity contribution in [3.63, 3.8) is 0 Å². The van der Waals surface area contributed by atoms with Gasteiger partial charge in [-0.2, -0.15) is 5.48 Å². The number of carbonyl (C=O) groups excluding carboxylic acids is 4. The fourth-order valence-corrected chi connectivity index (χ4v) is 1.55. The molecule has 126 valence electrons. The topological polar surface area (TPSA) is 140 Å². The number of nitrogens with two attached hydrogens (primary N) is 1. The molecule has 0 aliphatic carbocycles. The average Bonchev–Trinajstić information content (AvgIpc) is 2.42. The lowest BCUT2D eigenvalue weighted by Gasteiger charge is -2.18. The van der Waals surface area contributed by atoms with Crippen LogP contribution in [0.4, 0.5) is 4.79 Å². The minimum atomic E-state index is -0.814. The van der Waals surface area contributed by atoms with Crippen LogP contribution in [-0.2, 0) is 19.2 Å². The van der Waals surface area contributed by atoms with Crippen molar-refractivity contribution in [3.8, 4) is 0 Å². The summed E-state index contributed by atoms with van der Waals surface area (Å²) in [5.41, 5.74) is 7.03. The van der Waals surface area contributed by atoms with E-state index >= 15 is 0 Å². The second-order valence-electron chi connectivity index (χ2n) is 4.67. The Balaban J connectivity index is 4.19. The fourth-order valence-electron chi connectivity index (χ4n) is 1.55. The van der Waals surface area contributed by atoms with Gasteiger partial charge in [-0.15, -0.1) is 0 Å². The predicted molar refractivity (Wildman–Crippen MR) is 77.9 cm³/mol. The summed E-state index contributed by atoms with van der Waals surface area (Å²) in [6, 6.07) is -0.814. The van der Waals surface area contributed by atoms with Crippen LogP contribution in [0.25, 0.3) is 0 Å². The molecule has 5 N–H and O–H groups in total. The van der Waals surface area contributed by atoms with Gasteiger partial charge < -0.3 is 21.2 Å². The molecule has 0 spiro atoms. The van der Waals surface area contributed by atoms with Gasteiger partial charge in [0.2, 0.25) is 5.91 Å². The Hall–Kier alpha value is -2.32. The lowest BCUT2D eigenvalue weighted by atomic mass is 10.2. The standard InChI is InChI=1S/C13H24N4O5/c1-3-5-10(18)15-9(16-13(14)21)7-8-12(20)22-17-11(19)6-4-2/h9H,3-8H2,1-2H3,(H,15,18)(H,17,19)(H3,14,16,21). The number of nitrogens with one attached hydrogen (secondary N) is 3. The minimum Gasteiger partial charge on any atom is -0.352 e. The fraction of sp³-hybridized carbons (Fsp3) is 0.692. The van der Waals surface area contributed by atoms with Gasteiger partial charge >= 0.3 is 12.0 Å². The van der Waals surface area contributed by atoms with E-state index in [1.54, 1.807) is 0 Å². The summed E-state index contributed by atoms with van der Waals surface area (Å²) >= 11 is 0. The van der Waals surface area contributed by atoms with Crippen LogP contribution in [-0.4, -0.2) is 30.0 Å². The number of hydrogen-bond donors (Lipinski definition) is 4. The zero-order valence-electron chi connectivity index (χ0n) is 12.9. The first kappa shape index (κ1) is 19.7. The molecule has 22 heavy (non-hydrogen) atoms. The Morgan fingerprint density at radius 3 is 2.09 bits per heavy atom. The molecule has 1 atom stereocenters. The first-order chi connectivity index (χ1) is 10.4. The number of urea groups is 1. The lowest BCUT2D eigenvalue weighted by molar-refractivity contribution is -0.158. The van der Waals surface area contributed by atoms with Gasteiger partial charge in [-0.3, -0.25) is 9.59 Å². The van der Waals surface area contributed by atoms with Crippen molar-refractivity contribution < 1.29 is 24.0 Å². The highest BCUT2D eigenvalue weighted by Gasteiger charge is 2.16. The highest BCUT2D eigenvalue weighted by Crippen LogP contribution is 1.98. The summed E-state index contributed by atoms with van der Waals surface area (Å²) in [6.45, 7) is 3.66. The Bertz CT molecular complexity index is 400. The maximum atomic E-state index is 11.5. The van der Waals surface area contributed by atoms with Gasteiger partial charge in [-0.25, -0.2) is 9.59 Å². The molecular formula is C13H24N4O5. The summed E-state index contributed by atoms with van der Waals surface area (Å²) in [6.07, 6.45) is 1.07. The molecule has 0 rings (SSSR count). The zero-order chi connectivity index (χ0) is 17.0. The van der Waals surface area contributed by atoms with Crippen molar-refractivity contribution in [2.75, 3.05) is 0 Å². The van der Waals surface area contributed by atoms with Crippen molar-refractivity contribution in [1.29, 1.82) is 0 Å². The first-order valence-electron chi connectivity index (χ1n) is 7.22. The van der Waals surface area contributed by atoms with Crippen molar-refractivity contribution in [1.82, 2.24) is 16.1 Å². The molecule has 0 saturated heterocycles. The van der Waals surface area contributed by atoms with E-state index in [0.717, 1.165) is 0 Å². The van der Waals surface area contributed by atoms with Gasteiger partial charge in [-0.05, 0) is 19.3 Å². The van der Waals surface area contributed by atoms with E-state index in [1.807, 2.05) is 19.3 Å². The van der Waals surface area contributed by atoms with Crippen molar-refractivity contribution in [2.45, 2.75) is 58.5 Å². The number of hydrogen-bond acceptors (Lipinski definition) is 5. The van der Waals surface area contributed by atoms with Gasteiger partial charge in [0.15, 0.2) is 0 Å². The van der Waals surface area contributed by atoms with Crippen molar-refractivity contribution >= 4 is 23.8 Å². The molecule has 0 saturated carbocycles. The lowest BCUT2D eigenvalue weighted by Crippen LogP contribution is -2.50. The maximum Gasteiger partial charge on any atom is 0.332 e. The average molecular weight is 316 g/mol. The van der Waals surface area contributed by atoms with Crippen LogP contribution in [0, 0.1) is 0 Å². The van der Waals surface area contributed by atoms with Crippen LogP contribution in [0.5, 0.6) is 0 Å². The molecule has 0 aliphatic rings. The highest BCUT2D eigenvalue weighted by atomic mass is 16.7. The molecule has 0 aromatic rings. The molecule has 0 heterocycles. The Morgan fingerprint density at radius 2 is 1.55 bits per heavy atom. The summed E-state index contributed by atoms with van der Waals surface area (Å²) in [7, 11) is 0. The van der Waals surface area contributed by atoms with E-state index in [-0.39, 0.29) is 31.1 Å². The third-order valence-corrected chi connectivity index (χ3v) is 2.52. The molecule has 4 amide bonds. The normalized spacial score (nSPS) is 11.2. The predicted octanol–water partition coefficient (Wildman–Crippen LogP) is 0.0518. The van der Waals surface area contributed by atoms with Gasteiger partial charge in [0.1, 0.15) is 6.17 Å². The summed E-state index contributed by atoms with van der Waals surface area (Å²) in [5, 5.41) is 4.87. The Labute approximate surface area is 129 Å². The quantitative estimate of drug-likeness (QED) is 0.351. The van der Waals surface area contributed by atoms with E-state index in [4.69, 9.17) is 5.73 Å². The number of primary amides is 1. The number of amides is 4. The highest BCUT2D eigenvalue weighted by molar-refractivity contribution is 5.79. The van der Waals surface area contributed by atoms with Crippen molar-refractivity contribution in [3.05, 3.63) is 0 Å². The SMILES string of the molecule is CCCC(=O)NOC(=O)CCC(NC(N)=O)NC(=O)CCC. The van der Waals surface area contributed by atoms with Crippen molar-refractivity contribution in [2.24, 2.45) is 5.73 Å². The maximum absolute atomic E-state index is 11.5. The van der Waals surface area contributed by atoms with Crippen LogP contribution in [0.3, 0.4) is 0 Å². The van der Waals surface area contributed by atoms with Gasteiger partial charge in [-0.1, -0.05) is 13.8 Å². The van der Waals surface area contributed by atoms with E-state index in [9.17, 15) is 19.2 Å². The van der Waals surface area contributed by atoms with E-state index in [2.05, 4.69) is 15.5 Å². The molecular weight excluding hydrogens is 292 g/mol. The second-order valence-corrected chi connectivity index (χ2v) is 4.67. The minimum absolute atomic E-state index is 0.0981. The molecule has 1 unspecified atom stereocenters. The van der Waals surface area contributed by atoms with Crippen LogP contribution in [0.1, 0.15) is 52.4 Å². The largest absolute Gasteiger partial charge is 0.352 e. The summed E-state index contributed by atoms with van der Waals surface area (Å²) < 4.78 is 0. The zero-order valence-corrected chi connectivity index (χ0v) is 12.9. The van der Waals surface area contributed by atoms with E-state index in [1.165, 1.54) is 0 Å². The molecule has 9 heteroatoms. The third-order valence-electron chi connectivity index (χ3n) is 2.52. The smallest absolute Gasteiger partial charge is 0.332 e. The number of carbonyl (C=O) groups is 4. The Morgan fingerprint density at radius 1 is 0.955 bits per heavy atom. The molecule has 0 bridgehead atoms. The monoisotopic (exact) mass is 316 g/mol. The van der Waals surface area contributed by atoms with Gasteiger partial charge in [0, 0.05) is 12.8 Å². The summed E-state index contributed by atoms with van der Waals surface area (Å²) in [5.74, 6) is -1.32. The first-order valence-corrected chi connectivity index (χ1v) is 7.22.